The number of thioether (sulfide) groups is 1. The van der Waals surface area contributed by atoms with Crippen molar-refractivity contribution in [3.63, 3.8) is 0 Å². The van der Waals surface area contributed by atoms with Crippen molar-refractivity contribution in [1.29, 1.82) is 0 Å². The minimum atomic E-state index is -0.446. The van der Waals surface area contributed by atoms with E-state index >= 15 is 0 Å². The van der Waals surface area contributed by atoms with E-state index in [0.29, 0.717) is 10.5 Å². The largest absolute Gasteiger partial charge is 0.378 e. The number of hydrogen-bond donors (Lipinski definition) is 1. The van der Waals surface area contributed by atoms with Gasteiger partial charge >= 0.3 is 0 Å². The highest BCUT2D eigenvalue weighted by Crippen LogP contribution is 2.57. The monoisotopic (exact) mass is 481 g/mol. The Morgan fingerprint density at radius 2 is 1.83 bits per heavy atom. The van der Waals surface area contributed by atoms with Crippen molar-refractivity contribution in [1.82, 2.24) is 0 Å². The van der Waals surface area contributed by atoms with Gasteiger partial charge in [0.2, 0.25) is 0 Å². The third-order valence-corrected chi connectivity index (χ3v) is 7.56. The van der Waals surface area contributed by atoms with Crippen molar-refractivity contribution >= 4 is 55.9 Å². The van der Waals surface area contributed by atoms with Gasteiger partial charge in [-0.2, -0.15) is 4.99 Å². The number of benzene rings is 2. The van der Waals surface area contributed by atoms with Crippen LogP contribution in [0.1, 0.15) is 43.9 Å². The number of carbonyl (C=O) groups excluding carboxylic acids is 2. The molecule has 7 heteroatoms. The van der Waals surface area contributed by atoms with Crippen LogP contribution in [0.4, 0.5) is 5.69 Å². The molecule has 5 rings (SSSR count). The highest BCUT2D eigenvalue weighted by molar-refractivity contribution is 9.10. The number of halogens is 1. The molecule has 2 N–H and O–H groups in total. The van der Waals surface area contributed by atoms with Crippen LogP contribution in [-0.4, -0.2) is 22.5 Å². The number of hydrogen-bond acceptors (Lipinski definition) is 4. The number of rotatable bonds is 1. The summed E-state index contributed by atoms with van der Waals surface area (Å²) in [6.07, 6.45) is 0.751. The molecule has 2 aromatic carbocycles. The van der Waals surface area contributed by atoms with Crippen molar-refractivity contribution in [2.24, 2.45) is 10.7 Å². The first-order valence-electron chi connectivity index (χ1n) is 9.68. The Kier molecular flexibility index (Phi) is 4.12. The molecule has 0 spiro atoms. The number of nitrogens with two attached hydrogens (primary N) is 1. The van der Waals surface area contributed by atoms with E-state index in [1.807, 2.05) is 29.2 Å². The molecule has 0 bridgehead atoms. The van der Waals surface area contributed by atoms with Gasteiger partial charge in [0, 0.05) is 21.0 Å². The molecule has 152 valence electrons. The molecule has 0 saturated heterocycles. The molecule has 5 nitrogen and oxygen atoms in total. The second kappa shape index (κ2) is 6.31. The van der Waals surface area contributed by atoms with Crippen molar-refractivity contribution < 1.29 is 9.59 Å². The average Bonchev–Trinajstić information content (AvgIpc) is 3.15. The highest BCUT2D eigenvalue weighted by atomic mass is 79.9. The summed E-state index contributed by atoms with van der Waals surface area (Å²) >= 11 is 4.71. The van der Waals surface area contributed by atoms with Crippen molar-refractivity contribution in [3.05, 3.63) is 68.5 Å². The van der Waals surface area contributed by atoms with Crippen LogP contribution in [0.5, 0.6) is 0 Å². The number of anilines is 1. The van der Waals surface area contributed by atoms with Gasteiger partial charge in [-0.15, -0.1) is 0 Å². The van der Waals surface area contributed by atoms with Gasteiger partial charge in [0.1, 0.15) is 0 Å². The summed E-state index contributed by atoms with van der Waals surface area (Å²) in [6.45, 7) is 6.40. The van der Waals surface area contributed by atoms with Crippen LogP contribution in [0.3, 0.4) is 0 Å². The zero-order valence-electron chi connectivity index (χ0n) is 16.8. The molecule has 3 heterocycles. The van der Waals surface area contributed by atoms with Crippen LogP contribution in [0, 0.1) is 0 Å². The maximum absolute atomic E-state index is 13.7. The Labute approximate surface area is 187 Å². The zero-order valence-corrected chi connectivity index (χ0v) is 19.2. The third kappa shape index (κ3) is 2.58. The maximum Gasteiger partial charge on any atom is 0.287 e. The third-order valence-electron chi connectivity index (χ3n) is 6.22. The van der Waals surface area contributed by atoms with Crippen LogP contribution in [-0.2, 0) is 15.0 Å². The highest BCUT2D eigenvalue weighted by Gasteiger charge is 2.53. The Balaban J connectivity index is 1.85. The summed E-state index contributed by atoms with van der Waals surface area (Å²) in [7, 11) is 0. The molecule has 0 aliphatic carbocycles. The molecule has 2 amide bonds. The van der Waals surface area contributed by atoms with E-state index in [1.54, 1.807) is 0 Å². The first-order chi connectivity index (χ1) is 14.1. The van der Waals surface area contributed by atoms with Crippen molar-refractivity contribution in [2.75, 3.05) is 4.90 Å². The molecule has 0 aromatic heterocycles. The summed E-state index contributed by atoms with van der Waals surface area (Å²) < 4.78 is 0.871. The smallest absolute Gasteiger partial charge is 0.287 e. The van der Waals surface area contributed by atoms with E-state index in [4.69, 9.17) is 5.73 Å². The molecule has 0 fully saturated rings. The van der Waals surface area contributed by atoms with Crippen LogP contribution in [0.2, 0.25) is 0 Å². The fourth-order valence-corrected chi connectivity index (χ4v) is 6.39. The average molecular weight is 482 g/mol. The second-order valence-electron chi connectivity index (χ2n) is 8.74. The Hall–Kier alpha value is -2.38. The lowest BCUT2D eigenvalue weighted by Crippen LogP contribution is -2.54. The quantitative estimate of drug-likeness (QED) is 0.604. The lowest BCUT2D eigenvalue weighted by atomic mass is 9.65. The molecular weight excluding hydrogens is 462 g/mol. The number of amides is 2. The number of nitrogens with zero attached hydrogens (tertiary/aromatic N) is 2. The van der Waals surface area contributed by atoms with Crippen molar-refractivity contribution in [2.45, 2.75) is 38.1 Å². The standard InChI is InChI=1S/C23H20BrN3O2S/c1-22(2)11-23(3,12-7-5-4-6-8-12)15-10-13(24)9-14-16(20(29)27(22)17(14)15)18-19(28)26-21(25)30-18/h4-10H,11H2,1-3H3,(H2,25,26,28)/b18-16-. The molecule has 1 unspecified atom stereocenters. The van der Waals surface area contributed by atoms with E-state index in [9.17, 15) is 9.59 Å². The molecule has 0 saturated carbocycles. The maximum atomic E-state index is 13.7. The van der Waals surface area contributed by atoms with E-state index in [-0.39, 0.29) is 16.5 Å². The molecular formula is C23H20BrN3O2S. The van der Waals surface area contributed by atoms with Crippen LogP contribution in [0.15, 0.2) is 56.8 Å². The van der Waals surface area contributed by atoms with Gasteiger partial charge in [0.25, 0.3) is 11.8 Å². The van der Waals surface area contributed by atoms with E-state index in [1.165, 1.54) is 5.56 Å². The van der Waals surface area contributed by atoms with Gasteiger partial charge < -0.3 is 10.6 Å². The number of amidine groups is 1. The summed E-state index contributed by atoms with van der Waals surface area (Å²) in [5.41, 5.74) is 9.36. The fourth-order valence-electron chi connectivity index (χ4n) is 5.16. The topological polar surface area (TPSA) is 75.8 Å². The van der Waals surface area contributed by atoms with Crippen LogP contribution >= 0.6 is 27.7 Å². The van der Waals surface area contributed by atoms with E-state index in [2.05, 4.69) is 59.9 Å². The Morgan fingerprint density at radius 3 is 2.47 bits per heavy atom. The predicted octanol–water partition coefficient (Wildman–Crippen LogP) is 4.58. The SMILES string of the molecule is CC1(c2ccccc2)CC(C)(C)N2C(=O)/C(=C3\SC(N)=NC3=O)c3cc(Br)cc1c32. The van der Waals surface area contributed by atoms with Gasteiger partial charge in [0.15, 0.2) is 5.17 Å². The molecule has 2 aromatic rings. The Morgan fingerprint density at radius 1 is 1.13 bits per heavy atom. The van der Waals surface area contributed by atoms with Crippen molar-refractivity contribution in [3.8, 4) is 0 Å². The summed E-state index contributed by atoms with van der Waals surface area (Å²) in [6, 6.07) is 14.4. The molecule has 1 atom stereocenters. The summed E-state index contributed by atoms with van der Waals surface area (Å²) in [5.74, 6) is -0.608. The molecule has 3 aliphatic heterocycles. The minimum absolute atomic E-state index is 0.162. The first kappa shape index (κ1) is 19.6. The predicted molar refractivity (Wildman–Crippen MR) is 124 cm³/mol. The lowest BCUT2D eigenvalue weighted by molar-refractivity contribution is -0.115. The van der Waals surface area contributed by atoms with Gasteiger partial charge in [-0.3, -0.25) is 9.59 Å². The Bertz CT molecular complexity index is 1200. The van der Waals surface area contributed by atoms with Gasteiger partial charge in [-0.1, -0.05) is 53.2 Å². The minimum Gasteiger partial charge on any atom is -0.378 e. The molecule has 0 radical (unpaired) electrons. The van der Waals surface area contributed by atoms with Gasteiger partial charge in [-0.05, 0) is 55.3 Å². The number of carbonyl (C=O) groups is 2. The van der Waals surface area contributed by atoms with E-state index < -0.39 is 11.4 Å². The number of aliphatic imine (C=N–C) groups is 1. The first-order valence-corrected chi connectivity index (χ1v) is 11.3. The lowest BCUT2D eigenvalue weighted by Gasteiger charge is -2.49. The fraction of sp³-hybridized carbons (Fsp3) is 0.261. The molecule has 3 aliphatic rings. The summed E-state index contributed by atoms with van der Waals surface area (Å²) in [4.78, 5) is 32.2. The van der Waals surface area contributed by atoms with E-state index in [0.717, 1.165) is 39.5 Å². The normalized spacial score (nSPS) is 26.8. The molecule has 30 heavy (non-hydrogen) atoms. The van der Waals surface area contributed by atoms with Gasteiger partial charge in [0.05, 0.1) is 16.2 Å². The second-order valence-corrected chi connectivity index (χ2v) is 10.7. The van der Waals surface area contributed by atoms with Gasteiger partial charge in [-0.25, -0.2) is 0 Å². The van der Waals surface area contributed by atoms with Crippen LogP contribution < -0.4 is 10.6 Å². The van der Waals surface area contributed by atoms with Crippen LogP contribution in [0.25, 0.3) is 5.57 Å². The summed E-state index contributed by atoms with van der Waals surface area (Å²) in [5, 5.41) is 0.175. The zero-order chi connectivity index (χ0) is 21.4.